The number of esters is 1. The van der Waals surface area contributed by atoms with Crippen molar-refractivity contribution in [2.75, 3.05) is 6.67 Å². The molecule has 2 aromatic rings. The number of carbonyl (C=O) groups is 1. The molecule has 0 fully saturated rings. The summed E-state index contributed by atoms with van der Waals surface area (Å²) in [5.41, 5.74) is 0. The fourth-order valence-electron chi connectivity index (χ4n) is 1.44. The van der Waals surface area contributed by atoms with Gasteiger partial charge >= 0.3 is 5.97 Å². The van der Waals surface area contributed by atoms with Gasteiger partial charge in [-0.25, -0.2) is 9.18 Å². The van der Waals surface area contributed by atoms with Gasteiger partial charge in [0.25, 0.3) is 0 Å². The molecule has 0 aliphatic heterocycles. The molecule has 0 bridgehead atoms. The maximum Gasteiger partial charge on any atom is 0.342 e. The number of rotatable bonds is 2. The molecular weight excluding hydrogens is 231 g/mol. The summed E-state index contributed by atoms with van der Waals surface area (Å²) in [5.74, 6) is -0.616. The number of benzene rings is 2. The molecule has 4 heteroatoms. The van der Waals surface area contributed by atoms with Crippen molar-refractivity contribution in [3.63, 3.8) is 0 Å². The van der Waals surface area contributed by atoms with Crippen LogP contribution in [-0.2, 0) is 4.79 Å². The minimum atomic E-state index is -1.14. The van der Waals surface area contributed by atoms with E-state index in [1.54, 1.807) is 24.3 Å². The predicted octanol–water partition coefficient (Wildman–Crippen LogP) is 3.37. The van der Waals surface area contributed by atoms with Gasteiger partial charge in [-0.2, -0.15) is 0 Å². The lowest BCUT2D eigenvalue weighted by Crippen LogP contribution is -2.09. The summed E-state index contributed by atoms with van der Waals surface area (Å²) in [5, 5.41) is 2.27. The summed E-state index contributed by atoms with van der Waals surface area (Å²) in [4.78, 5) is 10.8. The maximum absolute atomic E-state index is 12.0. The first-order chi connectivity index (χ1) is 7.70. The summed E-state index contributed by atoms with van der Waals surface area (Å²) >= 11 is 5.98. The van der Waals surface area contributed by atoms with Gasteiger partial charge in [0, 0.05) is 10.4 Å². The van der Waals surface area contributed by atoms with E-state index >= 15 is 0 Å². The molecule has 2 nitrogen and oxygen atoms in total. The van der Waals surface area contributed by atoms with Crippen molar-refractivity contribution < 1.29 is 13.9 Å². The maximum atomic E-state index is 12.0. The number of fused-ring (bicyclic) bond motifs is 1. The Morgan fingerprint density at radius 3 is 2.88 bits per heavy atom. The Labute approximate surface area is 96.6 Å². The summed E-state index contributed by atoms with van der Waals surface area (Å²) in [6, 6.07) is 10.4. The molecule has 0 saturated heterocycles. The van der Waals surface area contributed by atoms with E-state index in [4.69, 9.17) is 16.3 Å². The molecular formula is C12H8ClFO2. The second-order valence-corrected chi connectivity index (χ2v) is 3.64. The Morgan fingerprint density at radius 1 is 1.31 bits per heavy atom. The van der Waals surface area contributed by atoms with Crippen molar-refractivity contribution in [3.05, 3.63) is 41.4 Å². The van der Waals surface area contributed by atoms with Crippen LogP contribution in [0.3, 0.4) is 0 Å². The highest BCUT2D eigenvalue weighted by Crippen LogP contribution is 2.27. The molecule has 82 valence electrons. The van der Waals surface area contributed by atoms with E-state index in [1.165, 1.54) is 0 Å². The van der Waals surface area contributed by atoms with Crippen molar-refractivity contribution in [2.24, 2.45) is 0 Å². The molecule has 0 unspecified atom stereocenters. The van der Waals surface area contributed by atoms with E-state index in [0.717, 1.165) is 10.8 Å². The van der Waals surface area contributed by atoms with Crippen LogP contribution in [0.1, 0.15) is 0 Å². The van der Waals surface area contributed by atoms with E-state index in [0.29, 0.717) is 10.8 Å². The smallest absolute Gasteiger partial charge is 0.342 e. The zero-order valence-corrected chi connectivity index (χ0v) is 9.00. The van der Waals surface area contributed by atoms with E-state index in [-0.39, 0.29) is 0 Å². The molecule has 0 N–H and O–H groups in total. The van der Waals surface area contributed by atoms with E-state index in [9.17, 15) is 9.18 Å². The molecule has 0 amide bonds. The zero-order valence-electron chi connectivity index (χ0n) is 8.24. The molecule has 0 aliphatic rings. The Morgan fingerprint density at radius 2 is 2.12 bits per heavy atom. The van der Waals surface area contributed by atoms with Gasteiger partial charge in [0.1, 0.15) is 5.75 Å². The van der Waals surface area contributed by atoms with Gasteiger partial charge in [-0.3, -0.25) is 0 Å². The molecule has 0 saturated carbocycles. The summed E-state index contributed by atoms with van der Waals surface area (Å²) in [7, 11) is 0. The van der Waals surface area contributed by atoms with Crippen LogP contribution < -0.4 is 4.74 Å². The van der Waals surface area contributed by atoms with Crippen LogP contribution in [0.2, 0.25) is 5.02 Å². The van der Waals surface area contributed by atoms with E-state index in [2.05, 4.69) is 0 Å². The van der Waals surface area contributed by atoms with Crippen molar-refractivity contribution >= 4 is 28.3 Å². The molecule has 0 aliphatic carbocycles. The predicted molar refractivity (Wildman–Crippen MR) is 60.6 cm³/mol. The van der Waals surface area contributed by atoms with E-state index in [1.807, 2.05) is 12.1 Å². The Kier molecular flexibility index (Phi) is 3.06. The van der Waals surface area contributed by atoms with Crippen molar-refractivity contribution in [3.8, 4) is 5.75 Å². The lowest BCUT2D eigenvalue weighted by Gasteiger charge is -2.04. The van der Waals surface area contributed by atoms with Crippen LogP contribution in [0.25, 0.3) is 10.8 Å². The van der Waals surface area contributed by atoms with Gasteiger partial charge in [-0.1, -0.05) is 29.8 Å². The summed E-state index contributed by atoms with van der Waals surface area (Å²) in [6.45, 7) is -1.14. The average Bonchev–Trinajstić information content (AvgIpc) is 2.30. The average molecular weight is 239 g/mol. The van der Waals surface area contributed by atoms with Crippen LogP contribution in [-0.4, -0.2) is 12.6 Å². The number of hydrogen-bond donors (Lipinski definition) is 0. The molecule has 2 rings (SSSR count). The number of ether oxygens (including phenoxy) is 1. The molecule has 0 aromatic heterocycles. The second kappa shape index (κ2) is 4.49. The molecule has 0 atom stereocenters. The van der Waals surface area contributed by atoms with Crippen LogP contribution in [0, 0.1) is 0 Å². The third-order valence-corrected chi connectivity index (χ3v) is 2.47. The number of hydrogen-bond acceptors (Lipinski definition) is 2. The van der Waals surface area contributed by atoms with E-state index < -0.39 is 12.6 Å². The van der Waals surface area contributed by atoms with Gasteiger partial charge in [-0.15, -0.1) is 0 Å². The van der Waals surface area contributed by atoms with Crippen molar-refractivity contribution in [2.45, 2.75) is 0 Å². The molecule has 0 spiro atoms. The minimum Gasteiger partial charge on any atom is -0.425 e. The fourth-order valence-corrected chi connectivity index (χ4v) is 1.67. The lowest BCUT2D eigenvalue weighted by atomic mass is 10.1. The quantitative estimate of drug-likeness (QED) is 0.592. The van der Waals surface area contributed by atoms with Crippen molar-refractivity contribution in [1.29, 1.82) is 0 Å². The van der Waals surface area contributed by atoms with Crippen molar-refractivity contribution in [1.82, 2.24) is 0 Å². The van der Waals surface area contributed by atoms with Crippen LogP contribution in [0.4, 0.5) is 4.39 Å². The highest BCUT2D eigenvalue weighted by Gasteiger charge is 2.05. The molecule has 16 heavy (non-hydrogen) atoms. The topological polar surface area (TPSA) is 26.3 Å². The number of alkyl halides is 1. The van der Waals surface area contributed by atoms with Crippen LogP contribution in [0.15, 0.2) is 36.4 Å². The Hall–Kier alpha value is -1.61. The monoisotopic (exact) mass is 238 g/mol. The van der Waals surface area contributed by atoms with Gasteiger partial charge in [0.2, 0.25) is 0 Å². The number of halogens is 2. The van der Waals surface area contributed by atoms with Gasteiger partial charge in [-0.05, 0) is 23.6 Å². The summed E-state index contributed by atoms with van der Waals surface area (Å²) in [6.07, 6.45) is 0. The largest absolute Gasteiger partial charge is 0.425 e. The van der Waals surface area contributed by atoms with Crippen LogP contribution >= 0.6 is 11.6 Å². The normalized spacial score (nSPS) is 10.4. The lowest BCUT2D eigenvalue weighted by molar-refractivity contribution is -0.135. The Bertz CT molecular complexity index is 540. The van der Waals surface area contributed by atoms with Gasteiger partial charge < -0.3 is 4.74 Å². The first-order valence-corrected chi connectivity index (χ1v) is 5.03. The molecule has 2 aromatic carbocycles. The van der Waals surface area contributed by atoms with Gasteiger partial charge in [0.15, 0.2) is 6.67 Å². The zero-order chi connectivity index (χ0) is 11.5. The molecule has 0 heterocycles. The molecule has 0 radical (unpaired) electrons. The number of carbonyl (C=O) groups excluding carboxylic acids is 1. The van der Waals surface area contributed by atoms with Crippen LogP contribution in [0.5, 0.6) is 5.75 Å². The first kappa shape index (κ1) is 10.9. The standard InChI is InChI=1S/C12H8ClFO2/c13-11-3-1-2-8-4-5-9(6-10(8)11)16-12(15)7-14/h1-6H,7H2. The fraction of sp³-hybridized carbons (Fsp3) is 0.0833. The Balaban J connectivity index is 2.43. The highest BCUT2D eigenvalue weighted by molar-refractivity contribution is 6.35. The summed E-state index contributed by atoms with van der Waals surface area (Å²) < 4.78 is 16.7. The third-order valence-electron chi connectivity index (χ3n) is 2.14. The second-order valence-electron chi connectivity index (χ2n) is 3.23. The van der Waals surface area contributed by atoms with Gasteiger partial charge in [0.05, 0.1) is 0 Å². The SMILES string of the molecule is O=C(CF)Oc1ccc2cccc(Cl)c2c1. The first-order valence-electron chi connectivity index (χ1n) is 4.65. The third kappa shape index (κ3) is 2.14. The highest BCUT2D eigenvalue weighted by atomic mass is 35.5. The minimum absolute atomic E-state index is 0.295.